The molecule has 0 radical (unpaired) electrons. The van der Waals surface area contributed by atoms with Gasteiger partial charge < -0.3 is 14.7 Å². The minimum absolute atomic E-state index is 0.0409. The summed E-state index contributed by atoms with van der Waals surface area (Å²) in [5.74, 6) is 0.976. The molecular weight excluding hydrogens is 216 g/mol. The van der Waals surface area contributed by atoms with Gasteiger partial charge in [0.1, 0.15) is 5.82 Å². The van der Waals surface area contributed by atoms with E-state index in [1.807, 2.05) is 19.9 Å². The fourth-order valence-corrected chi connectivity index (χ4v) is 1.78. The number of pyridine rings is 1. The van der Waals surface area contributed by atoms with Crippen LogP contribution in [0.2, 0.25) is 0 Å². The molecule has 0 fully saturated rings. The lowest BCUT2D eigenvalue weighted by atomic mass is 10.2. The van der Waals surface area contributed by atoms with Crippen molar-refractivity contribution < 1.29 is 9.84 Å². The van der Waals surface area contributed by atoms with Crippen LogP contribution < -0.4 is 4.90 Å². The van der Waals surface area contributed by atoms with Crippen LogP contribution in [0.25, 0.3) is 0 Å². The Kier molecular flexibility index (Phi) is 5.94. The molecule has 1 aromatic heterocycles. The molecule has 0 amide bonds. The summed E-state index contributed by atoms with van der Waals surface area (Å²) in [6.45, 7) is 9.36. The van der Waals surface area contributed by atoms with Crippen LogP contribution in [0.3, 0.4) is 0 Å². The highest BCUT2D eigenvalue weighted by Crippen LogP contribution is 2.17. The summed E-state index contributed by atoms with van der Waals surface area (Å²) in [5, 5.41) is 9.05. The first kappa shape index (κ1) is 13.9. The Hall–Kier alpha value is -1.13. The van der Waals surface area contributed by atoms with Gasteiger partial charge in [-0.15, -0.1) is 0 Å². The maximum Gasteiger partial charge on any atom is 0.131 e. The van der Waals surface area contributed by atoms with Crippen LogP contribution in [-0.2, 0) is 11.3 Å². The quantitative estimate of drug-likeness (QED) is 0.735. The standard InChI is InChI=1S/C13H22N2O2/c1-4-15(6-7-17-5-2)13-11(3)8-12(10-16)9-14-13/h8-9,16H,4-7,10H2,1-3H3. The maximum atomic E-state index is 9.05. The lowest BCUT2D eigenvalue weighted by Crippen LogP contribution is -2.28. The van der Waals surface area contributed by atoms with E-state index < -0.39 is 0 Å². The molecule has 0 spiro atoms. The number of anilines is 1. The summed E-state index contributed by atoms with van der Waals surface area (Å²) in [6, 6.07) is 1.98. The Morgan fingerprint density at radius 3 is 2.71 bits per heavy atom. The molecule has 4 heteroatoms. The van der Waals surface area contributed by atoms with E-state index >= 15 is 0 Å². The number of aliphatic hydroxyl groups excluding tert-OH is 1. The number of hydrogen-bond acceptors (Lipinski definition) is 4. The SMILES string of the molecule is CCOCCN(CC)c1ncc(CO)cc1C. The number of aliphatic hydroxyl groups is 1. The van der Waals surface area contributed by atoms with Crippen LogP contribution in [-0.4, -0.2) is 36.4 Å². The van der Waals surface area contributed by atoms with Gasteiger partial charge in [0, 0.05) is 25.9 Å². The van der Waals surface area contributed by atoms with Crippen molar-refractivity contribution in [2.24, 2.45) is 0 Å². The first-order chi connectivity index (χ1) is 8.22. The number of hydrogen-bond donors (Lipinski definition) is 1. The third-order valence-corrected chi connectivity index (χ3v) is 2.68. The molecule has 0 unspecified atom stereocenters. The summed E-state index contributed by atoms with van der Waals surface area (Å²) in [6.07, 6.45) is 1.73. The lowest BCUT2D eigenvalue weighted by molar-refractivity contribution is 0.154. The van der Waals surface area contributed by atoms with Crippen LogP contribution in [0.15, 0.2) is 12.3 Å². The zero-order valence-corrected chi connectivity index (χ0v) is 10.9. The zero-order valence-electron chi connectivity index (χ0n) is 10.9. The van der Waals surface area contributed by atoms with E-state index in [-0.39, 0.29) is 6.61 Å². The van der Waals surface area contributed by atoms with Crippen LogP contribution in [0.4, 0.5) is 5.82 Å². The van der Waals surface area contributed by atoms with E-state index in [0.717, 1.165) is 36.6 Å². The highest BCUT2D eigenvalue weighted by atomic mass is 16.5. The van der Waals surface area contributed by atoms with Gasteiger partial charge in [-0.2, -0.15) is 0 Å². The van der Waals surface area contributed by atoms with Crippen LogP contribution in [0, 0.1) is 6.92 Å². The summed E-state index contributed by atoms with van der Waals surface area (Å²) in [7, 11) is 0. The molecular formula is C13H22N2O2. The predicted molar refractivity (Wildman–Crippen MR) is 69.3 cm³/mol. The van der Waals surface area contributed by atoms with E-state index in [1.165, 1.54) is 0 Å². The fraction of sp³-hybridized carbons (Fsp3) is 0.615. The van der Waals surface area contributed by atoms with Crippen LogP contribution in [0.1, 0.15) is 25.0 Å². The van der Waals surface area contributed by atoms with E-state index in [9.17, 15) is 0 Å². The smallest absolute Gasteiger partial charge is 0.131 e. The first-order valence-electron chi connectivity index (χ1n) is 6.12. The van der Waals surface area contributed by atoms with Crippen molar-refractivity contribution in [3.63, 3.8) is 0 Å². The van der Waals surface area contributed by atoms with E-state index in [1.54, 1.807) is 6.20 Å². The summed E-state index contributed by atoms with van der Waals surface area (Å²) in [5.41, 5.74) is 1.95. The molecule has 0 saturated carbocycles. The Morgan fingerprint density at radius 2 is 2.18 bits per heavy atom. The number of likely N-dealkylation sites (N-methyl/N-ethyl adjacent to an activating group) is 1. The van der Waals surface area contributed by atoms with Gasteiger partial charge in [-0.25, -0.2) is 4.98 Å². The van der Waals surface area contributed by atoms with Crippen LogP contribution in [0.5, 0.6) is 0 Å². The van der Waals surface area contributed by atoms with Crippen molar-refractivity contribution in [3.05, 3.63) is 23.4 Å². The van der Waals surface area contributed by atoms with E-state index in [0.29, 0.717) is 6.61 Å². The normalized spacial score (nSPS) is 10.6. The summed E-state index contributed by atoms with van der Waals surface area (Å²) >= 11 is 0. The number of nitrogens with zero attached hydrogens (tertiary/aromatic N) is 2. The van der Waals surface area contributed by atoms with Gasteiger partial charge in [0.2, 0.25) is 0 Å². The number of rotatable bonds is 7. The van der Waals surface area contributed by atoms with Crippen molar-refractivity contribution >= 4 is 5.82 Å². The number of aromatic nitrogens is 1. The molecule has 0 aromatic carbocycles. The molecule has 96 valence electrons. The molecule has 0 aliphatic rings. The lowest BCUT2D eigenvalue weighted by Gasteiger charge is -2.23. The molecule has 0 aliphatic carbocycles. The van der Waals surface area contributed by atoms with Gasteiger partial charge >= 0.3 is 0 Å². The molecule has 1 aromatic rings. The monoisotopic (exact) mass is 238 g/mol. The second-order valence-electron chi connectivity index (χ2n) is 3.92. The highest BCUT2D eigenvalue weighted by molar-refractivity contribution is 5.47. The topological polar surface area (TPSA) is 45.6 Å². The molecule has 4 nitrogen and oxygen atoms in total. The molecule has 0 aliphatic heterocycles. The molecule has 0 saturated heterocycles. The average Bonchev–Trinajstić information content (AvgIpc) is 2.35. The van der Waals surface area contributed by atoms with Crippen molar-refractivity contribution in [1.29, 1.82) is 0 Å². The van der Waals surface area contributed by atoms with Gasteiger partial charge in [-0.05, 0) is 38.0 Å². The van der Waals surface area contributed by atoms with Crippen molar-refractivity contribution in [2.75, 3.05) is 31.2 Å². The summed E-state index contributed by atoms with van der Waals surface area (Å²) < 4.78 is 5.36. The Morgan fingerprint density at radius 1 is 1.41 bits per heavy atom. The Labute approximate surface area is 103 Å². The Bertz CT molecular complexity index is 342. The second-order valence-corrected chi connectivity index (χ2v) is 3.92. The zero-order chi connectivity index (χ0) is 12.7. The predicted octanol–water partition coefficient (Wildman–Crippen LogP) is 1.75. The molecule has 1 N–H and O–H groups in total. The molecule has 1 heterocycles. The van der Waals surface area contributed by atoms with Gasteiger partial charge in [-0.1, -0.05) is 0 Å². The van der Waals surface area contributed by atoms with E-state index in [4.69, 9.17) is 9.84 Å². The maximum absolute atomic E-state index is 9.05. The molecule has 0 atom stereocenters. The molecule has 0 bridgehead atoms. The van der Waals surface area contributed by atoms with Crippen molar-refractivity contribution in [2.45, 2.75) is 27.4 Å². The van der Waals surface area contributed by atoms with E-state index in [2.05, 4.69) is 16.8 Å². The molecule has 1 rings (SSSR count). The van der Waals surface area contributed by atoms with Gasteiger partial charge in [0.05, 0.1) is 13.2 Å². The van der Waals surface area contributed by atoms with Crippen molar-refractivity contribution in [3.8, 4) is 0 Å². The fourth-order valence-electron chi connectivity index (χ4n) is 1.78. The first-order valence-corrected chi connectivity index (χ1v) is 6.12. The Balaban J connectivity index is 2.73. The number of aryl methyl sites for hydroxylation is 1. The van der Waals surface area contributed by atoms with Gasteiger partial charge in [0.25, 0.3) is 0 Å². The third kappa shape index (κ3) is 3.98. The minimum atomic E-state index is 0.0409. The van der Waals surface area contributed by atoms with Crippen molar-refractivity contribution in [1.82, 2.24) is 4.98 Å². The largest absolute Gasteiger partial charge is 0.392 e. The highest BCUT2D eigenvalue weighted by Gasteiger charge is 2.09. The summed E-state index contributed by atoms with van der Waals surface area (Å²) in [4.78, 5) is 6.60. The number of ether oxygens (including phenoxy) is 1. The second kappa shape index (κ2) is 7.25. The average molecular weight is 238 g/mol. The van der Waals surface area contributed by atoms with Crippen LogP contribution >= 0.6 is 0 Å². The third-order valence-electron chi connectivity index (χ3n) is 2.68. The van der Waals surface area contributed by atoms with Gasteiger partial charge in [-0.3, -0.25) is 0 Å². The minimum Gasteiger partial charge on any atom is -0.392 e. The van der Waals surface area contributed by atoms with Gasteiger partial charge in [0.15, 0.2) is 0 Å². The molecule has 17 heavy (non-hydrogen) atoms.